The predicted octanol–water partition coefficient (Wildman–Crippen LogP) is 2.51. The Morgan fingerprint density at radius 1 is 0.875 bits per heavy atom. The molecule has 0 aromatic heterocycles. The van der Waals surface area contributed by atoms with Crippen LogP contribution < -0.4 is 5.73 Å². The van der Waals surface area contributed by atoms with Gasteiger partial charge in [0.1, 0.15) is 0 Å². The molecular weight excluding hydrogens is 198 g/mol. The molecule has 16 heavy (non-hydrogen) atoms. The zero-order valence-electron chi connectivity index (χ0n) is 10.3. The van der Waals surface area contributed by atoms with E-state index in [0.717, 1.165) is 19.0 Å². The van der Waals surface area contributed by atoms with Crippen LogP contribution in [0.15, 0.2) is 4.99 Å². The first-order valence-corrected chi connectivity index (χ1v) is 6.94. The molecule has 0 aromatic carbocycles. The maximum Gasteiger partial charge on any atom is 0.191 e. The van der Waals surface area contributed by atoms with Gasteiger partial charge < -0.3 is 10.6 Å². The van der Waals surface area contributed by atoms with Crippen molar-refractivity contribution < 1.29 is 0 Å². The van der Waals surface area contributed by atoms with E-state index < -0.39 is 0 Å². The Morgan fingerprint density at radius 2 is 1.44 bits per heavy atom. The van der Waals surface area contributed by atoms with Crippen molar-refractivity contribution in [1.82, 2.24) is 4.90 Å². The first-order chi connectivity index (χ1) is 7.86. The van der Waals surface area contributed by atoms with Crippen LogP contribution in [-0.2, 0) is 0 Å². The number of guanidine groups is 1. The number of rotatable bonds is 1. The van der Waals surface area contributed by atoms with Crippen molar-refractivity contribution in [2.75, 3.05) is 13.1 Å². The van der Waals surface area contributed by atoms with Crippen LogP contribution in [0.4, 0.5) is 0 Å². The van der Waals surface area contributed by atoms with Crippen molar-refractivity contribution in [3.8, 4) is 0 Å². The molecule has 1 aliphatic heterocycles. The van der Waals surface area contributed by atoms with Crippen molar-refractivity contribution in [2.45, 2.75) is 63.8 Å². The summed E-state index contributed by atoms with van der Waals surface area (Å²) >= 11 is 0. The number of hydrogen-bond donors (Lipinski definition) is 1. The van der Waals surface area contributed by atoms with E-state index in [2.05, 4.69) is 4.90 Å². The Kier molecular flexibility index (Phi) is 4.49. The van der Waals surface area contributed by atoms with E-state index in [1.165, 1.54) is 57.8 Å². The minimum atomic E-state index is 0.519. The van der Waals surface area contributed by atoms with Crippen LogP contribution >= 0.6 is 0 Å². The molecule has 2 N–H and O–H groups in total. The standard InChI is InChI=1S/C13H25N3/c14-13(15-12-8-4-5-9-12)16-10-6-2-1-3-7-11-16/h12H,1-11H2,(H2,14,15). The molecule has 0 radical (unpaired) electrons. The fraction of sp³-hybridized carbons (Fsp3) is 0.923. The lowest BCUT2D eigenvalue weighted by Gasteiger charge is -2.26. The van der Waals surface area contributed by atoms with Crippen molar-refractivity contribution >= 4 is 5.96 Å². The van der Waals surface area contributed by atoms with E-state index in [1.807, 2.05) is 0 Å². The lowest BCUT2D eigenvalue weighted by Crippen LogP contribution is -2.40. The number of nitrogens with zero attached hydrogens (tertiary/aromatic N) is 2. The predicted molar refractivity (Wildman–Crippen MR) is 68.5 cm³/mol. The zero-order valence-corrected chi connectivity index (χ0v) is 10.3. The van der Waals surface area contributed by atoms with Gasteiger partial charge in [-0.2, -0.15) is 0 Å². The first kappa shape index (κ1) is 11.7. The normalized spacial score (nSPS) is 25.5. The van der Waals surface area contributed by atoms with E-state index >= 15 is 0 Å². The van der Waals surface area contributed by atoms with Gasteiger partial charge in [-0.1, -0.05) is 32.1 Å². The molecule has 92 valence electrons. The topological polar surface area (TPSA) is 41.6 Å². The monoisotopic (exact) mass is 223 g/mol. The molecule has 2 aliphatic rings. The molecule has 0 atom stereocenters. The number of nitrogens with two attached hydrogens (primary N) is 1. The Bertz CT molecular complexity index is 223. The van der Waals surface area contributed by atoms with E-state index in [4.69, 9.17) is 10.7 Å². The first-order valence-electron chi connectivity index (χ1n) is 6.94. The molecule has 2 fully saturated rings. The Morgan fingerprint density at radius 3 is 2.06 bits per heavy atom. The van der Waals surface area contributed by atoms with E-state index in [-0.39, 0.29) is 0 Å². The molecule has 3 heteroatoms. The van der Waals surface area contributed by atoms with Crippen LogP contribution in [-0.4, -0.2) is 30.0 Å². The molecule has 0 spiro atoms. The molecule has 1 heterocycles. The molecule has 2 rings (SSSR count). The van der Waals surface area contributed by atoms with Gasteiger partial charge in [0.05, 0.1) is 6.04 Å². The van der Waals surface area contributed by atoms with Crippen molar-refractivity contribution in [3.05, 3.63) is 0 Å². The fourth-order valence-electron chi connectivity index (χ4n) is 2.78. The summed E-state index contributed by atoms with van der Waals surface area (Å²) in [6.07, 6.45) is 11.8. The van der Waals surface area contributed by atoms with E-state index in [0.29, 0.717) is 6.04 Å². The van der Waals surface area contributed by atoms with Gasteiger partial charge in [0, 0.05) is 13.1 Å². The molecule has 1 aliphatic carbocycles. The summed E-state index contributed by atoms with van der Waals surface area (Å²) in [4.78, 5) is 7.00. The molecule has 1 saturated carbocycles. The maximum atomic E-state index is 6.12. The second kappa shape index (κ2) is 6.12. The smallest absolute Gasteiger partial charge is 0.191 e. The summed E-state index contributed by atoms with van der Waals surface area (Å²) < 4.78 is 0. The Hall–Kier alpha value is -0.730. The molecule has 0 unspecified atom stereocenters. The van der Waals surface area contributed by atoms with Crippen molar-refractivity contribution in [3.63, 3.8) is 0 Å². The summed E-state index contributed by atoms with van der Waals surface area (Å²) in [6, 6.07) is 0.519. The van der Waals surface area contributed by atoms with E-state index in [1.54, 1.807) is 0 Å². The second-order valence-electron chi connectivity index (χ2n) is 5.18. The largest absolute Gasteiger partial charge is 0.370 e. The lowest BCUT2D eigenvalue weighted by atomic mass is 10.1. The quantitative estimate of drug-likeness (QED) is 0.548. The van der Waals surface area contributed by atoms with Gasteiger partial charge in [0.15, 0.2) is 5.96 Å². The Labute approximate surface area is 99.1 Å². The molecule has 0 amide bonds. The highest BCUT2D eigenvalue weighted by atomic mass is 15.3. The number of aliphatic imine (C=N–C) groups is 1. The molecule has 0 bridgehead atoms. The van der Waals surface area contributed by atoms with Gasteiger partial charge in [-0.3, -0.25) is 0 Å². The number of hydrogen-bond acceptors (Lipinski definition) is 1. The summed E-state index contributed by atoms with van der Waals surface area (Å²) in [5.74, 6) is 0.814. The van der Waals surface area contributed by atoms with Crippen LogP contribution in [0, 0.1) is 0 Å². The summed E-state index contributed by atoms with van der Waals surface area (Å²) in [7, 11) is 0. The molecule has 1 saturated heterocycles. The van der Waals surface area contributed by atoms with Crippen LogP contribution in [0.3, 0.4) is 0 Å². The van der Waals surface area contributed by atoms with Gasteiger partial charge in [-0.05, 0) is 25.7 Å². The molecular formula is C13H25N3. The van der Waals surface area contributed by atoms with Gasteiger partial charge >= 0.3 is 0 Å². The van der Waals surface area contributed by atoms with Gasteiger partial charge in [-0.15, -0.1) is 0 Å². The summed E-state index contributed by atoms with van der Waals surface area (Å²) in [5.41, 5.74) is 6.12. The van der Waals surface area contributed by atoms with Gasteiger partial charge in [-0.25, -0.2) is 4.99 Å². The molecule has 0 aromatic rings. The van der Waals surface area contributed by atoms with Crippen LogP contribution in [0.5, 0.6) is 0 Å². The third-order valence-corrected chi connectivity index (χ3v) is 3.82. The summed E-state index contributed by atoms with van der Waals surface area (Å²) in [5, 5.41) is 0. The maximum absolute atomic E-state index is 6.12. The average Bonchev–Trinajstić information content (AvgIpc) is 2.69. The zero-order chi connectivity index (χ0) is 11.2. The fourth-order valence-corrected chi connectivity index (χ4v) is 2.78. The van der Waals surface area contributed by atoms with Gasteiger partial charge in [0.2, 0.25) is 0 Å². The molecule has 3 nitrogen and oxygen atoms in total. The highest BCUT2D eigenvalue weighted by molar-refractivity contribution is 5.78. The highest BCUT2D eigenvalue weighted by Gasteiger charge is 2.16. The van der Waals surface area contributed by atoms with Crippen molar-refractivity contribution in [2.24, 2.45) is 10.7 Å². The summed E-state index contributed by atoms with van der Waals surface area (Å²) in [6.45, 7) is 2.23. The average molecular weight is 223 g/mol. The van der Waals surface area contributed by atoms with Crippen LogP contribution in [0.25, 0.3) is 0 Å². The lowest BCUT2D eigenvalue weighted by molar-refractivity contribution is 0.356. The van der Waals surface area contributed by atoms with Gasteiger partial charge in [0.25, 0.3) is 0 Å². The van der Waals surface area contributed by atoms with Crippen LogP contribution in [0.1, 0.15) is 57.8 Å². The van der Waals surface area contributed by atoms with E-state index in [9.17, 15) is 0 Å². The second-order valence-corrected chi connectivity index (χ2v) is 5.18. The minimum absolute atomic E-state index is 0.519. The van der Waals surface area contributed by atoms with Crippen molar-refractivity contribution in [1.29, 1.82) is 0 Å². The SMILES string of the molecule is NC(=NC1CCCC1)N1CCCCCCC1. The number of likely N-dealkylation sites (tertiary alicyclic amines) is 1. The van der Waals surface area contributed by atoms with Crippen LogP contribution in [0.2, 0.25) is 0 Å². The highest BCUT2D eigenvalue weighted by Crippen LogP contribution is 2.21. The Balaban J connectivity index is 1.87. The minimum Gasteiger partial charge on any atom is -0.370 e. The third-order valence-electron chi connectivity index (χ3n) is 3.82. The third kappa shape index (κ3) is 3.39.